The Morgan fingerprint density at radius 1 is 1.41 bits per heavy atom. The zero-order chi connectivity index (χ0) is 16.2. The van der Waals surface area contributed by atoms with Crippen molar-refractivity contribution in [2.45, 2.75) is 31.7 Å². The fourth-order valence-corrected chi connectivity index (χ4v) is 4.07. The van der Waals surface area contributed by atoms with Crippen LogP contribution in [-0.4, -0.2) is 34.0 Å². The van der Waals surface area contributed by atoms with Crippen LogP contribution in [0.25, 0.3) is 0 Å². The van der Waals surface area contributed by atoms with Crippen LogP contribution in [0.5, 0.6) is 0 Å². The summed E-state index contributed by atoms with van der Waals surface area (Å²) in [5, 5.41) is 12.8. The van der Waals surface area contributed by atoms with Gasteiger partial charge in [0.2, 0.25) is 5.91 Å². The minimum absolute atomic E-state index is 0.140. The molecule has 22 heavy (non-hydrogen) atoms. The summed E-state index contributed by atoms with van der Waals surface area (Å²) in [6.07, 6.45) is 1.58. The molecule has 120 valence electrons. The average Bonchev–Trinajstić information content (AvgIpc) is 2.91. The molecular weight excluding hydrogens is 322 g/mol. The zero-order valence-corrected chi connectivity index (χ0v) is 14.0. The first-order valence-corrected chi connectivity index (χ1v) is 8.81. The van der Waals surface area contributed by atoms with Crippen molar-refractivity contribution in [2.75, 3.05) is 11.5 Å². The Morgan fingerprint density at radius 3 is 2.64 bits per heavy atom. The van der Waals surface area contributed by atoms with E-state index in [1.165, 1.54) is 0 Å². The molecular formula is C16H20ClNO3S. The summed E-state index contributed by atoms with van der Waals surface area (Å²) >= 11 is 7.42. The van der Waals surface area contributed by atoms with Gasteiger partial charge in [0.15, 0.2) is 0 Å². The largest absolute Gasteiger partial charge is 0.479 e. The van der Waals surface area contributed by atoms with Gasteiger partial charge in [-0.1, -0.05) is 30.7 Å². The van der Waals surface area contributed by atoms with Crippen LogP contribution in [0.3, 0.4) is 0 Å². The molecule has 2 rings (SSSR count). The SMILES string of the molecule is CC(CC(=O)NC1(C(=O)O)CCSC1)Cc1ccc(Cl)cc1. The Balaban J connectivity index is 1.88. The van der Waals surface area contributed by atoms with E-state index >= 15 is 0 Å². The number of carbonyl (C=O) groups is 2. The van der Waals surface area contributed by atoms with Gasteiger partial charge in [-0.05, 0) is 42.2 Å². The summed E-state index contributed by atoms with van der Waals surface area (Å²) in [6, 6.07) is 7.56. The monoisotopic (exact) mass is 341 g/mol. The molecule has 0 aliphatic carbocycles. The minimum Gasteiger partial charge on any atom is -0.479 e. The molecule has 2 atom stereocenters. The number of hydrogen-bond acceptors (Lipinski definition) is 3. The van der Waals surface area contributed by atoms with E-state index in [9.17, 15) is 14.7 Å². The number of halogens is 1. The standard InChI is InChI=1S/C16H20ClNO3S/c1-11(8-12-2-4-13(17)5-3-12)9-14(19)18-16(15(20)21)6-7-22-10-16/h2-5,11H,6-10H2,1H3,(H,18,19)(H,20,21). The molecule has 1 heterocycles. The lowest BCUT2D eigenvalue weighted by atomic mass is 9.95. The van der Waals surface area contributed by atoms with E-state index in [1.54, 1.807) is 11.8 Å². The Kier molecular flexibility index (Phi) is 5.75. The number of amides is 1. The van der Waals surface area contributed by atoms with E-state index < -0.39 is 11.5 Å². The van der Waals surface area contributed by atoms with E-state index in [2.05, 4.69) is 5.32 Å². The molecule has 0 radical (unpaired) electrons. The fraction of sp³-hybridized carbons (Fsp3) is 0.500. The lowest BCUT2D eigenvalue weighted by Gasteiger charge is -2.25. The highest BCUT2D eigenvalue weighted by molar-refractivity contribution is 7.99. The molecule has 0 saturated carbocycles. The van der Waals surface area contributed by atoms with Gasteiger partial charge in [-0.25, -0.2) is 4.79 Å². The van der Waals surface area contributed by atoms with Gasteiger partial charge in [-0.2, -0.15) is 11.8 Å². The summed E-state index contributed by atoms with van der Waals surface area (Å²) in [4.78, 5) is 23.6. The van der Waals surface area contributed by atoms with E-state index in [0.717, 1.165) is 17.7 Å². The molecule has 0 bridgehead atoms. The van der Waals surface area contributed by atoms with E-state index in [4.69, 9.17) is 11.6 Å². The predicted octanol–water partition coefficient (Wildman–Crippen LogP) is 2.99. The van der Waals surface area contributed by atoms with Crippen LogP contribution >= 0.6 is 23.4 Å². The van der Waals surface area contributed by atoms with Gasteiger partial charge in [-0.3, -0.25) is 4.79 Å². The zero-order valence-electron chi connectivity index (χ0n) is 12.5. The Labute approximate surface area is 139 Å². The number of aliphatic carboxylic acids is 1. The molecule has 1 aliphatic heterocycles. The number of thioether (sulfide) groups is 1. The van der Waals surface area contributed by atoms with Crippen molar-refractivity contribution in [1.29, 1.82) is 0 Å². The third-order valence-electron chi connectivity index (χ3n) is 3.84. The second-order valence-corrected chi connectivity index (χ2v) is 7.42. The number of hydrogen-bond donors (Lipinski definition) is 2. The number of benzene rings is 1. The molecule has 6 heteroatoms. The van der Waals surface area contributed by atoms with Gasteiger partial charge in [0.05, 0.1) is 0 Å². The normalized spacial score (nSPS) is 22.3. The van der Waals surface area contributed by atoms with Crippen LogP contribution < -0.4 is 5.32 Å². The maximum Gasteiger partial charge on any atom is 0.330 e. The Morgan fingerprint density at radius 2 is 2.09 bits per heavy atom. The Bertz CT molecular complexity index is 541. The van der Waals surface area contributed by atoms with E-state index in [0.29, 0.717) is 23.6 Å². The van der Waals surface area contributed by atoms with Crippen LogP contribution in [0.2, 0.25) is 5.02 Å². The first-order valence-electron chi connectivity index (χ1n) is 7.28. The maximum absolute atomic E-state index is 12.2. The third kappa shape index (κ3) is 4.40. The summed E-state index contributed by atoms with van der Waals surface area (Å²) in [7, 11) is 0. The average molecular weight is 342 g/mol. The first-order chi connectivity index (χ1) is 10.4. The molecule has 0 aromatic heterocycles. The van der Waals surface area contributed by atoms with E-state index in [-0.39, 0.29) is 11.8 Å². The van der Waals surface area contributed by atoms with Crippen LogP contribution in [0, 0.1) is 5.92 Å². The van der Waals surface area contributed by atoms with Crippen molar-refractivity contribution in [3.05, 3.63) is 34.9 Å². The van der Waals surface area contributed by atoms with Crippen LogP contribution in [0.15, 0.2) is 24.3 Å². The van der Waals surface area contributed by atoms with Gasteiger partial charge < -0.3 is 10.4 Å². The highest BCUT2D eigenvalue weighted by Gasteiger charge is 2.43. The number of carboxylic acid groups (broad SMARTS) is 1. The summed E-state index contributed by atoms with van der Waals surface area (Å²) < 4.78 is 0. The van der Waals surface area contributed by atoms with Gasteiger partial charge >= 0.3 is 5.97 Å². The maximum atomic E-state index is 12.2. The third-order valence-corrected chi connectivity index (χ3v) is 5.28. The molecule has 1 aromatic rings. The highest BCUT2D eigenvalue weighted by Crippen LogP contribution is 2.28. The van der Waals surface area contributed by atoms with Crippen molar-refractivity contribution in [2.24, 2.45) is 5.92 Å². The fourth-order valence-electron chi connectivity index (χ4n) is 2.62. The molecule has 1 amide bonds. The molecule has 4 nitrogen and oxygen atoms in total. The number of nitrogens with one attached hydrogen (secondary N) is 1. The first kappa shape index (κ1) is 17.2. The van der Waals surface area contributed by atoms with Crippen molar-refractivity contribution in [1.82, 2.24) is 5.32 Å². The summed E-state index contributed by atoms with van der Waals surface area (Å²) in [5.74, 6) is 0.232. The lowest BCUT2D eigenvalue weighted by Crippen LogP contribution is -2.55. The Hall–Kier alpha value is -1.20. The van der Waals surface area contributed by atoms with E-state index in [1.807, 2.05) is 31.2 Å². The molecule has 0 spiro atoms. The molecule has 2 unspecified atom stereocenters. The van der Waals surface area contributed by atoms with Gasteiger partial charge in [-0.15, -0.1) is 0 Å². The van der Waals surface area contributed by atoms with Crippen LogP contribution in [-0.2, 0) is 16.0 Å². The highest BCUT2D eigenvalue weighted by atomic mass is 35.5. The number of carboxylic acids is 1. The minimum atomic E-state index is -1.08. The van der Waals surface area contributed by atoms with Gasteiger partial charge in [0, 0.05) is 17.2 Å². The summed E-state index contributed by atoms with van der Waals surface area (Å²) in [6.45, 7) is 1.99. The van der Waals surface area contributed by atoms with Crippen molar-refractivity contribution in [3.8, 4) is 0 Å². The predicted molar refractivity (Wildman–Crippen MR) is 89.4 cm³/mol. The molecule has 1 aliphatic rings. The smallest absolute Gasteiger partial charge is 0.330 e. The number of rotatable bonds is 6. The number of carbonyl (C=O) groups excluding carboxylic acids is 1. The molecule has 1 aromatic carbocycles. The van der Waals surface area contributed by atoms with Gasteiger partial charge in [0.25, 0.3) is 0 Å². The van der Waals surface area contributed by atoms with Crippen molar-refractivity contribution in [3.63, 3.8) is 0 Å². The molecule has 1 fully saturated rings. The topological polar surface area (TPSA) is 66.4 Å². The van der Waals surface area contributed by atoms with Crippen LogP contribution in [0.4, 0.5) is 0 Å². The van der Waals surface area contributed by atoms with Crippen molar-refractivity contribution >= 4 is 35.2 Å². The second kappa shape index (κ2) is 7.38. The molecule has 1 saturated heterocycles. The van der Waals surface area contributed by atoms with Crippen LogP contribution in [0.1, 0.15) is 25.3 Å². The van der Waals surface area contributed by atoms with Gasteiger partial charge in [0.1, 0.15) is 5.54 Å². The second-order valence-electron chi connectivity index (χ2n) is 5.88. The molecule has 2 N–H and O–H groups in total. The van der Waals surface area contributed by atoms with Crippen molar-refractivity contribution < 1.29 is 14.7 Å². The quantitative estimate of drug-likeness (QED) is 0.834. The summed E-state index contributed by atoms with van der Waals surface area (Å²) in [5.41, 5.74) is 0.0379. The lowest BCUT2D eigenvalue weighted by molar-refractivity contribution is -0.146.